The molecule has 2 fully saturated rings. The Labute approximate surface area is 147 Å². The SMILES string of the molecule is C=CC1(C)CCC(C2(C)OC2C=CC(C)(CO)OC)CC1C(=C)C. The van der Waals surface area contributed by atoms with Gasteiger partial charge < -0.3 is 14.6 Å². The van der Waals surface area contributed by atoms with E-state index in [1.165, 1.54) is 5.57 Å². The summed E-state index contributed by atoms with van der Waals surface area (Å²) in [5, 5.41) is 9.44. The fraction of sp³-hybridized carbons (Fsp3) is 0.714. The molecule has 0 bridgehead atoms. The molecule has 0 radical (unpaired) electrons. The van der Waals surface area contributed by atoms with Crippen LogP contribution in [0, 0.1) is 17.3 Å². The smallest absolute Gasteiger partial charge is 0.106 e. The molecule has 136 valence electrons. The summed E-state index contributed by atoms with van der Waals surface area (Å²) in [5.74, 6) is 0.978. The lowest BCUT2D eigenvalue weighted by Crippen LogP contribution is -2.38. The summed E-state index contributed by atoms with van der Waals surface area (Å²) in [4.78, 5) is 0. The summed E-state index contributed by atoms with van der Waals surface area (Å²) in [6.45, 7) is 16.8. The molecule has 2 aliphatic rings. The lowest BCUT2D eigenvalue weighted by atomic mass is 9.60. The second-order valence-electron chi connectivity index (χ2n) is 8.34. The molecule has 6 atom stereocenters. The monoisotopic (exact) mass is 334 g/mol. The standard InChI is InChI=1S/C21H34O3/c1-8-19(4)11-9-16(13-17(19)15(2)3)21(6)18(24-21)10-12-20(5,14-22)23-7/h8,10,12,16-18,22H,1-2,9,11,13-14H2,3-7H3. The van der Waals surface area contributed by atoms with Crippen molar-refractivity contribution in [2.75, 3.05) is 13.7 Å². The molecule has 0 aromatic carbocycles. The molecule has 1 aliphatic carbocycles. The van der Waals surface area contributed by atoms with Gasteiger partial charge in [-0.2, -0.15) is 0 Å². The first-order valence-corrected chi connectivity index (χ1v) is 8.96. The Morgan fingerprint density at radius 3 is 2.62 bits per heavy atom. The van der Waals surface area contributed by atoms with Crippen LogP contribution < -0.4 is 0 Å². The van der Waals surface area contributed by atoms with E-state index in [0.29, 0.717) is 11.8 Å². The summed E-state index contributed by atoms with van der Waals surface area (Å²) in [7, 11) is 1.61. The summed E-state index contributed by atoms with van der Waals surface area (Å²) < 4.78 is 11.4. The number of hydrogen-bond acceptors (Lipinski definition) is 3. The fourth-order valence-electron chi connectivity index (χ4n) is 4.13. The van der Waals surface area contributed by atoms with E-state index in [1.807, 2.05) is 13.0 Å². The average molecular weight is 335 g/mol. The van der Waals surface area contributed by atoms with Crippen molar-refractivity contribution in [2.45, 2.75) is 64.3 Å². The number of aliphatic hydroxyl groups is 1. The van der Waals surface area contributed by atoms with Gasteiger partial charge in [-0.1, -0.05) is 37.3 Å². The largest absolute Gasteiger partial charge is 0.393 e. The Bertz CT molecular complexity index is 519. The lowest BCUT2D eigenvalue weighted by molar-refractivity contribution is 0.000180. The third-order valence-electron chi connectivity index (χ3n) is 6.51. The van der Waals surface area contributed by atoms with E-state index in [2.05, 4.69) is 46.1 Å². The average Bonchev–Trinajstić information content (AvgIpc) is 3.24. The number of allylic oxidation sites excluding steroid dienone is 2. The highest BCUT2D eigenvalue weighted by atomic mass is 16.6. The topological polar surface area (TPSA) is 42.0 Å². The molecule has 24 heavy (non-hydrogen) atoms. The molecule has 3 heteroatoms. The van der Waals surface area contributed by atoms with Crippen molar-refractivity contribution < 1.29 is 14.6 Å². The summed E-state index contributed by atoms with van der Waals surface area (Å²) >= 11 is 0. The van der Waals surface area contributed by atoms with E-state index in [0.717, 1.165) is 19.3 Å². The van der Waals surface area contributed by atoms with Gasteiger partial charge in [-0.15, -0.1) is 6.58 Å². The quantitative estimate of drug-likeness (QED) is 0.558. The van der Waals surface area contributed by atoms with Crippen LogP contribution in [0.4, 0.5) is 0 Å². The first-order chi connectivity index (χ1) is 11.1. The van der Waals surface area contributed by atoms with Gasteiger partial charge in [-0.3, -0.25) is 0 Å². The van der Waals surface area contributed by atoms with Gasteiger partial charge in [0.2, 0.25) is 0 Å². The van der Waals surface area contributed by atoms with Crippen molar-refractivity contribution in [3.8, 4) is 0 Å². The van der Waals surface area contributed by atoms with Gasteiger partial charge in [0.25, 0.3) is 0 Å². The number of methoxy groups -OCH3 is 1. The zero-order valence-electron chi connectivity index (χ0n) is 16.0. The van der Waals surface area contributed by atoms with Crippen LogP contribution in [0.3, 0.4) is 0 Å². The van der Waals surface area contributed by atoms with Gasteiger partial charge in [-0.05, 0) is 57.3 Å². The normalized spacial score (nSPS) is 41.8. The molecule has 1 aliphatic heterocycles. The third-order valence-corrected chi connectivity index (χ3v) is 6.51. The minimum Gasteiger partial charge on any atom is -0.393 e. The van der Waals surface area contributed by atoms with Crippen molar-refractivity contribution in [1.29, 1.82) is 0 Å². The van der Waals surface area contributed by atoms with Crippen LogP contribution >= 0.6 is 0 Å². The van der Waals surface area contributed by atoms with Crippen molar-refractivity contribution in [3.63, 3.8) is 0 Å². The lowest BCUT2D eigenvalue weighted by Gasteiger charge is -2.44. The Kier molecular flexibility index (Phi) is 5.49. The maximum atomic E-state index is 9.44. The van der Waals surface area contributed by atoms with Gasteiger partial charge >= 0.3 is 0 Å². The molecule has 1 heterocycles. The molecule has 1 saturated heterocycles. The highest BCUT2D eigenvalue weighted by molar-refractivity contribution is 5.20. The molecule has 0 aromatic rings. The van der Waals surface area contributed by atoms with E-state index < -0.39 is 5.60 Å². The second kappa shape index (κ2) is 6.78. The zero-order valence-corrected chi connectivity index (χ0v) is 16.0. The maximum absolute atomic E-state index is 9.44. The van der Waals surface area contributed by atoms with Crippen molar-refractivity contribution in [3.05, 3.63) is 37.0 Å². The molecule has 1 saturated carbocycles. The molecular weight excluding hydrogens is 300 g/mol. The van der Waals surface area contributed by atoms with E-state index in [9.17, 15) is 5.11 Å². The van der Waals surface area contributed by atoms with Crippen LogP contribution in [0.15, 0.2) is 37.0 Å². The molecule has 1 N–H and O–H groups in total. The van der Waals surface area contributed by atoms with Gasteiger partial charge in [0, 0.05) is 7.11 Å². The summed E-state index contributed by atoms with van der Waals surface area (Å²) in [6, 6.07) is 0. The third kappa shape index (κ3) is 3.54. The molecule has 0 aromatic heterocycles. The fourth-order valence-corrected chi connectivity index (χ4v) is 4.13. The number of ether oxygens (including phenoxy) is 2. The predicted octanol–water partition coefficient (Wildman–Crippen LogP) is 4.28. The molecular formula is C21H34O3. The second-order valence-corrected chi connectivity index (χ2v) is 8.34. The van der Waals surface area contributed by atoms with E-state index >= 15 is 0 Å². The van der Waals surface area contributed by atoms with Gasteiger partial charge in [0.1, 0.15) is 11.7 Å². The van der Waals surface area contributed by atoms with E-state index in [-0.39, 0.29) is 23.7 Å². The Hall–Kier alpha value is -0.900. The highest BCUT2D eigenvalue weighted by Crippen LogP contribution is 2.55. The van der Waals surface area contributed by atoms with Crippen LogP contribution in [0.5, 0.6) is 0 Å². The molecule has 0 spiro atoms. The highest BCUT2D eigenvalue weighted by Gasteiger charge is 2.58. The van der Waals surface area contributed by atoms with Crippen LogP contribution in [0.2, 0.25) is 0 Å². The van der Waals surface area contributed by atoms with Crippen molar-refractivity contribution in [2.24, 2.45) is 17.3 Å². The van der Waals surface area contributed by atoms with E-state index in [1.54, 1.807) is 7.11 Å². The Morgan fingerprint density at radius 1 is 1.46 bits per heavy atom. The molecule has 3 nitrogen and oxygen atoms in total. The number of hydrogen-bond donors (Lipinski definition) is 1. The van der Waals surface area contributed by atoms with Crippen LogP contribution in [-0.4, -0.2) is 36.1 Å². The zero-order chi connectivity index (χ0) is 18.2. The Balaban J connectivity index is 2.07. The van der Waals surface area contributed by atoms with Crippen LogP contribution in [-0.2, 0) is 9.47 Å². The Morgan fingerprint density at radius 2 is 2.12 bits per heavy atom. The summed E-state index contributed by atoms with van der Waals surface area (Å²) in [5.41, 5.74) is 0.633. The number of epoxide rings is 1. The molecule has 6 unspecified atom stereocenters. The number of rotatable bonds is 7. The molecule has 0 amide bonds. The van der Waals surface area contributed by atoms with Gasteiger partial charge in [0.15, 0.2) is 0 Å². The number of aliphatic hydroxyl groups excluding tert-OH is 1. The van der Waals surface area contributed by atoms with Crippen LogP contribution in [0.1, 0.15) is 47.0 Å². The summed E-state index contributed by atoms with van der Waals surface area (Å²) in [6.07, 6.45) is 9.56. The van der Waals surface area contributed by atoms with Crippen LogP contribution in [0.25, 0.3) is 0 Å². The molecule has 2 rings (SSSR count). The van der Waals surface area contributed by atoms with E-state index in [4.69, 9.17) is 9.47 Å². The van der Waals surface area contributed by atoms with Gasteiger partial charge in [0.05, 0.1) is 12.2 Å². The van der Waals surface area contributed by atoms with Crippen molar-refractivity contribution >= 4 is 0 Å². The minimum atomic E-state index is -0.638. The minimum absolute atomic E-state index is 0.0394. The first kappa shape index (κ1) is 19.4. The predicted molar refractivity (Wildman–Crippen MR) is 98.9 cm³/mol. The van der Waals surface area contributed by atoms with Crippen molar-refractivity contribution in [1.82, 2.24) is 0 Å². The van der Waals surface area contributed by atoms with Gasteiger partial charge in [-0.25, -0.2) is 0 Å². The first-order valence-electron chi connectivity index (χ1n) is 8.96. The maximum Gasteiger partial charge on any atom is 0.106 e.